The molecule has 2 N–H and O–H groups in total. The number of fused-ring (bicyclic) bond motifs is 1. The van der Waals surface area contributed by atoms with E-state index in [1.54, 1.807) is 25.7 Å². The molecule has 42 heavy (non-hydrogen) atoms. The van der Waals surface area contributed by atoms with Crippen LogP contribution in [0.25, 0.3) is 10.8 Å². The molecule has 0 bridgehead atoms. The van der Waals surface area contributed by atoms with E-state index < -0.39 is 23.8 Å². The van der Waals surface area contributed by atoms with Gasteiger partial charge in [-0.25, -0.2) is 4.79 Å². The number of nitrogens with one attached hydrogen (secondary N) is 2. The number of unbranched alkanes of at least 4 members (excludes halogenated alkanes) is 3. The van der Waals surface area contributed by atoms with E-state index in [4.69, 9.17) is 4.74 Å². The maximum Gasteiger partial charge on any atom is 0.408 e. The Bertz CT molecular complexity index is 1380. The number of thiol groups is 1. The number of aryl methyl sites for hydroxylation is 2. The van der Waals surface area contributed by atoms with Crippen LogP contribution in [0.2, 0.25) is 0 Å². The molecule has 0 aromatic heterocycles. The molecule has 0 aliphatic rings. The van der Waals surface area contributed by atoms with Crippen LogP contribution in [0.3, 0.4) is 0 Å². The third-order valence-corrected chi connectivity index (χ3v) is 7.50. The summed E-state index contributed by atoms with van der Waals surface area (Å²) in [6, 6.07) is 17.6. The summed E-state index contributed by atoms with van der Waals surface area (Å²) in [5.74, 6) is -0.660. The first kappa shape index (κ1) is 33.0. The number of rotatable bonds is 12. The van der Waals surface area contributed by atoms with Crippen LogP contribution in [0, 0.1) is 13.8 Å². The smallest absolute Gasteiger partial charge is 0.408 e. The highest BCUT2D eigenvalue weighted by atomic mass is 32.1. The van der Waals surface area contributed by atoms with Crippen LogP contribution >= 0.6 is 12.6 Å². The number of nitrogens with zero attached hydrogens (tertiary/aromatic N) is 1. The molecule has 7 nitrogen and oxygen atoms in total. The zero-order valence-corrected chi connectivity index (χ0v) is 26.6. The van der Waals surface area contributed by atoms with Gasteiger partial charge in [0.1, 0.15) is 17.7 Å². The summed E-state index contributed by atoms with van der Waals surface area (Å²) < 4.78 is 5.41. The molecule has 2 atom stereocenters. The Morgan fingerprint density at radius 3 is 2.26 bits per heavy atom. The lowest BCUT2D eigenvalue weighted by molar-refractivity contribution is -0.140. The number of carbonyl (C=O) groups is 3. The minimum Gasteiger partial charge on any atom is -0.444 e. The van der Waals surface area contributed by atoms with Gasteiger partial charge in [0.05, 0.1) is 0 Å². The molecular weight excluding hydrogens is 546 g/mol. The molecule has 8 heteroatoms. The van der Waals surface area contributed by atoms with E-state index in [0.717, 1.165) is 47.6 Å². The molecule has 0 saturated heterocycles. The molecule has 0 radical (unpaired) electrons. The minimum atomic E-state index is -0.975. The normalized spacial score (nSPS) is 12.8. The van der Waals surface area contributed by atoms with E-state index in [-0.39, 0.29) is 17.6 Å². The van der Waals surface area contributed by atoms with E-state index in [1.807, 2.05) is 74.5 Å². The van der Waals surface area contributed by atoms with Crippen molar-refractivity contribution in [1.29, 1.82) is 0 Å². The number of carbonyl (C=O) groups excluding carboxylic acids is 3. The van der Waals surface area contributed by atoms with Gasteiger partial charge in [0.2, 0.25) is 5.91 Å². The van der Waals surface area contributed by atoms with Crippen molar-refractivity contribution in [3.63, 3.8) is 0 Å². The van der Waals surface area contributed by atoms with Crippen LogP contribution in [0.4, 0.5) is 10.5 Å². The Labute approximate surface area is 255 Å². The van der Waals surface area contributed by atoms with Crippen molar-refractivity contribution in [2.45, 2.75) is 84.9 Å². The molecule has 3 aromatic carbocycles. The summed E-state index contributed by atoms with van der Waals surface area (Å²) in [5.41, 5.74) is 2.73. The van der Waals surface area contributed by atoms with E-state index >= 15 is 0 Å². The number of ether oxygens (including phenoxy) is 1. The van der Waals surface area contributed by atoms with Gasteiger partial charge in [0.15, 0.2) is 0 Å². The summed E-state index contributed by atoms with van der Waals surface area (Å²) in [4.78, 5) is 42.6. The van der Waals surface area contributed by atoms with E-state index in [2.05, 4.69) is 30.2 Å². The number of alkyl carbamates (subject to hydrolysis) is 1. The predicted molar refractivity (Wildman–Crippen MR) is 174 cm³/mol. The fourth-order valence-corrected chi connectivity index (χ4v) is 5.04. The highest BCUT2D eigenvalue weighted by molar-refractivity contribution is 7.80. The Hall–Kier alpha value is -3.52. The van der Waals surface area contributed by atoms with Gasteiger partial charge in [-0.2, -0.15) is 12.6 Å². The lowest BCUT2D eigenvalue weighted by Gasteiger charge is -2.34. The number of hydrogen-bond donors (Lipinski definition) is 3. The molecule has 0 spiro atoms. The SMILES string of the molecule is CCCCCCN(C(=O)C(CS)NC(=O)OC(C)(C)C)C(C(=O)Nc1ccc2ccccc2c1)c1ccc(C)c(C)c1. The molecule has 0 saturated carbocycles. The van der Waals surface area contributed by atoms with Gasteiger partial charge in [-0.05, 0) is 80.6 Å². The van der Waals surface area contributed by atoms with Crippen LogP contribution in [0.15, 0.2) is 60.7 Å². The zero-order valence-electron chi connectivity index (χ0n) is 25.7. The van der Waals surface area contributed by atoms with Crippen molar-refractivity contribution < 1.29 is 19.1 Å². The van der Waals surface area contributed by atoms with Gasteiger partial charge in [0, 0.05) is 18.0 Å². The third-order valence-electron chi connectivity index (χ3n) is 7.13. The summed E-state index contributed by atoms with van der Waals surface area (Å²) in [5, 5.41) is 7.82. The second kappa shape index (κ2) is 15.1. The first-order valence-corrected chi connectivity index (χ1v) is 15.3. The molecule has 0 aliphatic carbocycles. The average molecular weight is 592 g/mol. The number of anilines is 1. The van der Waals surface area contributed by atoms with Gasteiger partial charge >= 0.3 is 6.09 Å². The number of amides is 3. The maximum atomic E-state index is 14.2. The molecule has 3 aromatic rings. The highest BCUT2D eigenvalue weighted by Crippen LogP contribution is 2.28. The van der Waals surface area contributed by atoms with Crippen molar-refractivity contribution in [3.8, 4) is 0 Å². The van der Waals surface area contributed by atoms with Crippen LogP contribution in [-0.2, 0) is 14.3 Å². The fourth-order valence-electron chi connectivity index (χ4n) is 4.80. The Morgan fingerprint density at radius 2 is 1.62 bits per heavy atom. The van der Waals surface area contributed by atoms with E-state index in [1.165, 1.54) is 0 Å². The summed E-state index contributed by atoms with van der Waals surface area (Å²) in [6.45, 7) is 11.8. The van der Waals surface area contributed by atoms with Crippen molar-refractivity contribution in [2.24, 2.45) is 0 Å². The van der Waals surface area contributed by atoms with Crippen molar-refractivity contribution in [1.82, 2.24) is 10.2 Å². The van der Waals surface area contributed by atoms with Crippen LogP contribution in [-0.4, -0.2) is 46.7 Å². The minimum absolute atomic E-state index is 0.0511. The summed E-state index contributed by atoms with van der Waals surface area (Å²) in [6.07, 6.45) is 2.99. The molecule has 2 unspecified atom stereocenters. The van der Waals surface area contributed by atoms with Crippen LogP contribution in [0.5, 0.6) is 0 Å². The van der Waals surface area contributed by atoms with Crippen molar-refractivity contribution in [2.75, 3.05) is 17.6 Å². The Kier molecular flexibility index (Phi) is 11.9. The quantitative estimate of drug-likeness (QED) is 0.152. The summed E-state index contributed by atoms with van der Waals surface area (Å²) >= 11 is 4.39. The average Bonchev–Trinajstić information content (AvgIpc) is 2.93. The molecule has 3 rings (SSSR count). The molecule has 3 amide bonds. The van der Waals surface area contributed by atoms with E-state index in [9.17, 15) is 14.4 Å². The molecule has 0 fully saturated rings. The Balaban J connectivity index is 2.02. The maximum absolute atomic E-state index is 14.2. The van der Waals surface area contributed by atoms with Gasteiger partial charge in [-0.1, -0.05) is 74.7 Å². The molecular formula is C34H45N3O4S. The lowest BCUT2D eigenvalue weighted by Crippen LogP contribution is -2.53. The highest BCUT2D eigenvalue weighted by Gasteiger charge is 2.36. The van der Waals surface area contributed by atoms with Crippen molar-refractivity contribution >= 4 is 47.0 Å². The largest absolute Gasteiger partial charge is 0.444 e. The van der Waals surface area contributed by atoms with Crippen LogP contribution < -0.4 is 10.6 Å². The second-order valence-corrected chi connectivity index (χ2v) is 12.1. The molecule has 0 aliphatic heterocycles. The monoisotopic (exact) mass is 591 g/mol. The van der Waals surface area contributed by atoms with Gasteiger partial charge in [0.25, 0.3) is 5.91 Å². The second-order valence-electron chi connectivity index (χ2n) is 11.8. The molecule has 0 heterocycles. The summed E-state index contributed by atoms with van der Waals surface area (Å²) in [7, 11) is 0. The number of benzene rings is 3. The fraction of sp³-hybridized carbons (Fsp3) is 0.441. The Morgan fingerprint density at radius 1 is 0.905 bits per heavy atom. The predicted octanol–water partition coefficient (Wildman–Crippen LogP) is 7.37. The van der Waals surface area contributed by atoms with Gasteiger partial charge < -0.3 is 20.3 Å². The van der Waals surface area contributed by atoms with E-state index in [0.29, 0.717) is 17.8 Å². The van der Waals surface area contributed by atoms with Crippen LogP contribution in [0.1, 0.15) is 76.1 Å². The van der Waals surface area contributed by atoms with Gasteiger partial charge in [-0.15, -0.1) is 0 Å². The first-order valence-electron chi connectivity index (χ1n) is 14.7. The zero-order chi connectivity index (χ0) is 30.9. The standard InChI is InChI=1S/C34H45N3O4S/c1-7-8-9-12-19-37(32(39)29(22-42)36-33(40)41-34(4,5)6)30(27-16-15-23(2)24(3)20-27)31(38)35-28-18-17-25-13-10-11-14-26(25)21-28/h10-11,13-18,20-21,29-30,42H,7-9,12,19,22H2,1-6H3,(H,35,38)(H,36,40). The first-order chi connectivity index (χ1) is 19.9. The molecule has 226 valence electrons. The topological polar surface area (TPSA) is 87.7 Å². The lowest BCUT2D eigenvalue weighted by atomic mass is 9.98. The number of hydrogen-bond acceptors (Lipinski definition) is 5. The van der Waals surface area contributed by atoms with Crippen molar-refractivity contribution in [3.05, 3.63) is 77.4 Å². The van der Waals surface area contributed by atoms with Gasteiger partial charge in [-0.3, -0.25) is 9.59 Å². The third kappa shape index (κ3) is 9.24.